The maximum atomic E-state index is 10.8. The molecule has 0 aliphatic carbocycles. The fourth-order valence-electron chi connectivity index (χ4n) is 1.27. The van der Waals surface area contributed by atoms with Crippen LogP contribution in [0.1, 0.15) is 20.8 Å². The Morgan fingerprint density at radius 3 is 2.32 bits per heavy atom. The Morgan fingerprint density at radius 2 is 1.84 bits per heavy atom. The molecule has 0 aliphatic heterocycles. The summed E-state index contributed by atoms with van der Waals surface area (Å²) >= 11 is 5.10. The van der Waals surface area contributed by atoms with Gasteiger partial charge in [-0.1, -0.05) is 46.7 Å². The van der Waals surface area contributed by atoms with Crippen LogP contribution in [0.4, 0.5) is 0 Å². The van der Waals surface area contributed by atoms with Gasteiger partial charge in [0.15, 0.2) is 5.78 Å². The number of benzene rings is 1. The lowest BCUT2D eigenvalue weighted by atomic mass is 10.2. The molecule has 0 unspecified atom stereocenters. The maximum Gasteiger partial charge on any atom is 0.167 e. The molecule has 0 fully saturated rings. The fraction of sp³-hybridized carbons (Fsp3) is 0.286. The normalized spacial score (nSPS) is 9.42. The van der Waals surface area contributed by atoms with Gasteiger partial charge in [0, 0.05) is 4.88 Å². The number of carbonyl (C=O) groups excluding carboxylic acids is 1. The Morgan fingerprint density at radius 1 is 1.21 bits per heavy atom. The monoisotopic (exact) mass is 312 g/mol. The Hall–Kier alpha value is -1.04. The Kier molecular flexibility index (Phi) is 6.91. The Labute approximate surface area is 126 Å². The standard InChI is InChI=1S/C12H10O2S3.C2H6/c1-8(13)7-14-10-4-2-9(3-5-10)11-6-12(15)17-16-11;1-2/h2-6H,7H2,1H3;1-2H3. The molecule has 19 heavy (non-hydrogen) atoms. The molecule has 0 atom stereocenters. The highest BCUT2D eigenvalue weighted by Crippen LogP contribution is 2.30. The van der Waals surface area contributed by atoms with Crippen molar-refractivity contribution in [3.8, 4) is 16.2 Å². The molecule has 5 heteroatoms. The lowest BCUT2D eigenvalue weighted by molar-refractivity contribution is -0.118. The van der Waals surface area contributed by atoms with E-state index in [9.17, 15) is 4.79 Å². The summed E-state index contributed by atoms with van der Waals surface area (Å²) in [6.07, 6.45) is 0. The Bertz CT molecular complexity index is 567. The van der Waals surface area contributed by atoms with Crippen molar-refractivity contribution in [1.29, 1.82) is 0 Å². The average Bonchev–Trinajstić information content (AvgIpc) is 2.86. The van der Waals surface area contributed by atoms with Crippen LogP contribution in [-0.4, -0.2) is 12.4 Å². The van der Waals surface area contributed by atoms with Crippen LogP contribution >= 0.6 is 32.9 Å². The van der Waals surface area contributed by atoms with E-state index >= 15 is 0 Å². The van der Waals surface area contributed by atoms with Gasteiger partial charge in [0.05, 0.1) is 0 Å². The van der Waals surface area contributed by atoms with Crippen LogP contribution in [0, 0.1) is 3.82 Å². The van der Waals surface area contributed by atoms with Gasteiger partial charge in [0.1, 0.15) is 16.2 Å². The van der Waals surface area contributed by atoms with Gasteiger partial charge in [0.25, 0.3) is 0 Å². The van der Waals surface area contributed by atoms with Crippen LogP contribution in [0.5, 0.6) is 5.75 Å². The first-order valence-electron chi connectivity index (χ1n) is 5.98. The molecule has 0 bridgehead atoms. The number of hydrogen-bond donors (Lipinski definition) is 0. The van der Waals surface area contributed by atoms with E-state index in [-0.39, 0.29) is 12.4 Å². The van der Waals surface area contributed by atoms with Gasteiger partial charge in [-0.25, -0.2) is 0 Å². The minimum atomic E-state index is 0.0184. The summed E-state index contributed by atoms with van der Waals surface area (Å²) in [6, 6.07) is 9.68. The number of ether oxygens (including phenoxy) is 1. The summed E-state index contributed by atoms with van der Waals surface area (Å²) in [5.74, 6) is 0.729. The van der Waals surface area contributed by atoms with E-state index < -0.39 is 0 Å². The minimum Gasteiger partial charge on any atom is -0.486 e. The molecular formula is C14H16O2S3. The smallest absolute Gasteiger partial charge is 0.167 e. The predicted octanol–water partition coefficient (Wildman–Crippen LogP) is 5.20. The first-order chi connectivity index (χ1) is 9.15. The van der Waals surface area contributed by atoms with E-state index in [1.54, 1.807) is 20.7 Å². The number of ketones is 1. The molecule has 0 aliphatic rings. The topological polar surface area (TPSA) is 26.3 Å². The molecule has 0 radical (unpaired) electrons. The van der Waals surface area contributed by atoms with E-state index in [4.69, 9.17) is 17.0 Å². The molecular weight excluding hydrogens is 296 g/mol. The van der Waals surface area contributed by atoms with Crippen molar-refractivity contribution < 1.29 is 9.53 Å². The molecule has 2 aromatic rings. The van der Waals surface area contributed by atoms with Crippen molar-refractivity contribution in [3.63, 3.8) is 0 Å². The summed E-state index contributed by atoms with van der Waals surface area (Å²) in [7, 11) is 3.27. The zero-order chi connectivity index (χ0) is 14.3. The lowest BCUT2D eigenvalue weighted by Gasteiger charge is -2.04. The maximum absolute atomic E-state index is 10.8. The quantitative estimate of drug-likeness (QED) is 0.573. The molecule has 2 nitrogen and oxygen atoms in total. The second-order valence-corrected chi connectivity index (χ2v) is 6.42. The molecule has 1 aromatic carbocycles. The van der Waals surface area contributed by atoms with Crippen molar-refractivity contribution in [1.82, 2.24) is 0 Å². The second kappa shape index (κ2) is 8.19. The summed E-state index contributed by atoms with van der Waals surface area (Å²) in [6.45, 7) is 5.63. The van der Waals surface area contributed by atoms with Crippen LogP contribution < -0.4 is 4.74 Å². The first kappa shape index (κ1) is 16.0. The van der Waals surface area contributed by atoms with Crippen LogP contribution in [0.15, 0.2) is 30.3 Å². The largest absolute Gasteiger partial charge is 0.486 e. The highest BCUT2D eigenvalue weighted by Gasteiger charge is 2.01. The zero-order valence-corrected chi connectivity index (χ0v) is 13.6. The SMILES string of the molecule is CC.CC(=O)COc1ccc(-c2cc(=S)ss2)cc1. The third-order valence-corrected chi connectivity index (χ3v) is 4.95. The summed E-state index contributed by atoms with van der Waals surface area (Å²) in [5.41, 5.74) is 1.12. The lowest BCUT2D eigenvalue weighted by Crippen LogP contribution is -2.06. The van der Waals surface area contributed by atoms with Crippen LogP contribution in [-0.2, 0) is 4.79 Å². The van der Waals surface area contributed by atoms with Gasteiger partial charge in [-0.05, 0) is 42.8 Å². The molecule has 0 spiro atoms. The van der Waals surface area contributed by atoms with Crippen LogP contribution in [0.25, 0.3) is 10.4 Å². The van der Waals surface area contributed by atoms with Gasteiger partial charge in [-0.2, -0.15) is 0 Å². The third-order valence-electron chi connectivity index (χ3n) is 2.04. The predicted molar refractivity (Wildman–Crippen MR) is 86.0 cm³/mol. The first-order valence-corrected chi connectivity index (χ1v) is 8.54. The van der Waals surface area contributed by atoms with Crippen molar-refractivity contribution in [3.05, 3.63) is 34.2 Å². The highest BCUT2D eigenvalue weighted by molar-refractivity contribution is 7.80. The van der Waals surface area contributed by atoms with E-state index in [0.717, 1.165) is 14.3 Å². The van der Waals surface area contributed by atoms with E-state index in [0.29, 0.717) is 5.75 Å². The fourth-order valence-corrected chi connectivity index (χ4v) is 3.68. The van der Waals surface area contributed by atoms with Crippen molar-refractivity contribution >= 4 is 38.7 Å². The van der Waals surface area contributed by atoms with E-state index in [1.165, 1.54) is 6.92 Å². The van der Waals surface area contributed by atoms with Crippen molar-refractivity contribution in [2.24, 2.45) is 0 Å². The van der Waals surface area contributed by atoms with Gasteiger partial charge in [-0.15, -0.1) is 0 Å². The Balaban J connectivity index is 0.000000861. The van der Waals surface area contributed by atoms with Gasteiger partial charge < -0.3 is 4.74 Å². The third kappa shape index (κ3) is 5.22. The summed E-state index contributed by atoms with van der Waals surface area (Å²) in [4.78, 5) is 11.9. The number of hydrogen-bond acceptors (Lipinski definition) is 5. The number of rotatable bonds is 4. The molecule has 102 valence electrons. The summed E-state index contributed by atoms with van der Waals surface area (Å²) in [5, 5.41) is 0. The van der Waals surface area contributed by atoms with E-state index in [2.05, 4.69) is 0 Å². The molecule has 0 amide bonds. The van der Waals surface area contributed by atoms with Gasteiger partial charge >= 0.3 is 0 Å². The molecule has 0 saturated heterocycles. The van der Waals surface area contributed by atoms with Crippen LogP contribution in [0.3, 0.4) is 0 Å². The number of Topliss-reactive ketones (excluding diaryl/α,β-unsaturated/α-hetero) is 1. The zero-order valence-electron chi connectivity index (χ0n) is 11.1. The molecule has 1 heterocycles. The second-order valence-electron chi connectivity index (χ2n) is 3.51. The van der Waals surface area contributed by atoms with Gasteiger partial charge in [-0.3, -0.25) is 4.79 Å². The average molecular weight is 312 g/mol. The molecule has 0 N–H and O–H groups in total. The van der Waals surface area contributed by atoms with Gasteiger partial charge in [0.2, 0.25) is 0 Å². The minimum absolute atomic E-state index is 0.0184. The molecule has 0 saturated carbocycles. The summed E-state index contributed by atoms with van der Waals surface area (Å²) < 4.78 is 6.20. The molecule has 2 rings (SSSR count). The number of carbonyl (C=O) groups is 1. The molecule has 1 aromatic heterocycles. The van der Waals surface area contributed by atoms with Crippen molar-refractivity contribution in [2.75, 3.05) is 6.61 Å². The highest BCUT2D eigenvalue weighted by atomic mass is 32.9. The van der Waals surface area contributed by atoms with Crippen molar-refractivity contribution in [2.45, 2.75) is 20.8 Å². The van der Waals surface area contributed by atoms with Crippen LogP contribution in [0.2, 0.25) is 0 Å². The van der Waals surface area contributed by atoms with E-state index in [1.807, 2.05) is 44.2 Å².